The van der Waals surface area contributed by atoms with Gasteiger partial charge >= 0.3 is 0 Å². The first-order valence-electron chi connectivity index (χ1n) is 7.44. The minimum atomic E-state index is 0.712. The average Bonchev–Trinajstić information content (AvgIpc) is 2.86. The molecule has 110 valence electrons. The number of nitrogen functional groups attached to an aromatic ring is 1. The molecule has 4 rings (SSSR count). The number of anilines is 1. The standard InChI is InChI=1S/C17H17N5/c1-22-10-19-9-15(22)17-20-8-12-4-2-3-11-7-13(18)5-6-14(11)16(12)21-17/h5-10H,2-4,18H2,1H3. The normalized spacial score (nSPS) is 13.3. The molecule has 2 heterocycles. The molecule has 0 unspecified atom stereocenters. The summed E-state index contributed by atoms with van der Waals surface area (Å²) in [5.41, 5.74) is 12.3. The fraction of sp³-hybridized carbons (Fsp3) is 0.235. The monoisotopic (exact) mass is 291 g/mol. The van der Waals surface area contributed by atoms with Crippen molar-refractivity contribution in [1.29, 1.82) is 0 Å². The van der Waals surface area contributed by atoms with Gasteiger partial charge in [-0.3, -0.25) is 0 Å². The third kappa shape index (κ3) is 2.06. The van der Waals surface area contributed by atoms with Crippen LogP contribution in [0.25, 0.3) is 22.8 Å². The molecule has 0 fully saturated rings. The lowest BCUT2D eigenvalue weighted by molar-refractivity contribution is 0.828. The van der Waals surface area contributed by atoms with Gasteiger partial charge in [-0.1, -0.05) is 6.07 Å². The Morgan fingerprint density at radius 1 is 1.14 bits per heavy atom. The van der Waals surface area contributed by atoms with E-state index in [1.807, 2.05) is 23.9 Å². The number of nitrogens with two attached hydrogens (primary N) is 1. The Bertz CT molecular complexity index is 850. The van der Waals surface area contributed by atoms with Gasteiger partial charge in [-0.15, -0.1) is 0 Å². The van der Waals surface area contributed by atoms with Gasteiger partial charge in [0, 0.05) is 24.5 Å². The highest BCUT2D eigenvalue weighted by atomic mass is 15.1. The summed E-state index contributed by atoms with van der Waals surface area (Å²) in [5, 5.41) is 0. The maximum atomic E-state index is 5.94. The average molecular weight is 291 g/mol. The van der Waals surface area contributed by atoms with Gasteiger partial charge in [0.2, 0.25) is 0 Å². The summed E-state index contributed by atoms with van der Waals surface area (Å²) in [5.74, 6) is 0.712. The summed E-state index contributed by atoms with van der Waals surface area (Å²) in [7, 11) is 1.95. The highest BCUT2D eigenvalue weighted by molar-refractivity contribution is 5.71. The van der Waals surface area contributed by atoms with Crippen LogP contribution in [0.2, 0.25) is 0 Å². The first kappa shape index (κ1) is 13.0. The van der Waals surface area contributed by atoms with E-state index < -0.39 is 0 Å². The summed E-state index contributed by atoms with van der Waals surface area (Å²) in [6.45, 7) is 0. The zero-order valence-corrected chi connectivity index (χ0v) is 12.5. The Hall–Kier alpha value is -2.69. The molecule has 0 radical (unpaired) electrons. The first-order chi connectivity index (χ1) is 10.7. The summed E-state index contributed by atoms with van der Waals surface area (Å²) >= 11 is 0. The topological polar surface area (TPSA) is 69.6 Å². The molecule has 3 aromatic rings. The van der Waals surface area contributed by atoms with E-state index in [1.165, 1.54) is 16.7 Å². The molecule has 0 atom stereocenters. The predicted octanol–water partition coefficient (Wildman–Crippen LogP) is 2.62. The third-order valence-corrected chi connectivity index (χ3v) is 4.19. The molecule has 0 spiro atoms. The fourth-order valence-electron chi connectivity index (χ4n) is 3.04. The lowest BCUT2D eigenvalue weighted by Crippen LogP contribution is -2.00. The summed E-state index contributed by atoms with van der Waals surface area (Å²) in [4.78, 5) is 13.5. The number of hydrogen-bond acceptors (Lipinski definition) is 4. The van der Waals surface area contributed by atoms with Gasteiger partial charge in [0.15, 0.2) is 5.82 Å². The zero-order valence-electron chi connectivity index (χ0n) is 12.5. The molecule has 0 saturated heterocycles. The SMILES string of the molecule is Cn1cncc1-c1ncc2c(n1)-c1ccc(N)cc1CCC2. The van der Waals surface area contributed by atoms with Crippen LogP contribution >= 0.6 is 0 Å². The van der Waals surface area contributed by atoms with Gasteiger partial charge < -0.3 is 10.3 Å². The summed E-state index contributed by atoms with van der Waals surface area (Å²) in [6, 6.07) is 6.09. The van der Waals surface area contributed by atoms with Crippen LogP contribution in [-0.2, 0) is 19.9 Å². The van der Waals surface area contributed by atoms with E-state index >= 15 is 0 Å². The number of fused-ring (bicyclic) bond motifs is 3. The molecule has 22 heavy (non-hydrogen) atoms. The van der Waals surface area contributed by atoms with Gasteiger partial charge in [-0.25, -0.2) is 15.0 Å². The number of imidazole rings is 1. The van der Waals surface area contributed by atoms with Gasteiger partial charge in [0.1, 0.15) is 5.69 Å². The van der Waals surface area contributed by atoms with Crippen LogP contribution in [0.15, 0.2) is 36.9 Å². The van der Waals surface area contributed by atoms with Crippen LogP contribution in [0.5, 0.6) is 0 Å². The number of nitrogens with zero attached hydrogens (tertiary/aromatic N) is 4. The van der Waals surface area contributed by atoms with Crippen molar-refractivity contribution in [3.63, 3.8) is 0 Å². The smallest absolute Gasteiger partial charge is 0.178 e. The largest absolute Gasteiger partial charge is 0.399 e. The molecular weight excluding hydrogens is 274 g/mol. The number of hydrogen-bond donors (Lipinski definition) is 1. The van der Waals surface area contributed by atoms with Crippen molar-refractivity contribution in [2.24, 2.45) is 7.05 Å². The predicted molar refractivity (Wildman–Crippen MR) is 86.1 cm³/mol. The Labute approximate surface area is 128 Å². The molecule has 0 bridgehead atoms. The van der Waals surface area contributed by atoms with E-state index in [9.17, 15) is 0 Å². The van der Waals surface area contributed by atoms with E-state index in [1.54, 1.807) is 12.5 Å². The second-order valence-corrected chi connectivity index (χ2v) is 5.73. The molecular formula is C17H17N5. The highest BCUT2D eigenvalue weighted by Crippen LogP contribution is 2.33. The number of rotatable bonds is 1. The van der Waals surface area contributed by atoms with Gasteiger partial charge in [0.05, 0.1) is 18.2 Å². The Kier molecular flexibility index (Phi) is 2.92. The van der Waals surface area contributed by atoms with Crippen LogP contribution in [0.4, 0.5) is 5.69 Å². The van der Waals surface area contributed by atoms with Crippen LogP contribution in [0.3, 0.4) is 0 Å². The second-order valence-electron chi connectivity index (χ2n) is 5.73. The van der Waals surface area contributed by atoms with Crippen molar-refractivity contribution < 1.29 is 0 Å². The summed E-state index contributed by atoms with van der Waals surface area (Å²) < 4.78 is 1.93. The maximum Gasteiger partial charge on any atom is 0.178 e. The first-order valence-corrected chi connectivity index (χ1v) is 7.44. The minimum absolute atomic E-state index is 0.712. The van der Waals surface area contributed by atoms with Crippen LogP contribution < -0.4 is 5.73 Å². The van der Waals surface area contributed by atoms with Crippen molar-refractivity contribution in [3.05, 3.63) is 48.0 Å². The fourth-order valence-corrected chi connectivity index (χ4v) is 3.04. The molecule has 2 N–H and O–H groups in total. The second kappa shape index (κ2) is 4.94. The van der Waals surface area contributed by atoms with Crippen molar-refractivity contribution in [3.8, 4) is 22.8 Å². The van der Waals surface area contributed by atoms with Crippen LogP contribution in [-0.4, -0.2) is 19.5 Å². The summed E-state index contributed by atoms with van der Waals surface area (Å²) in [6.07, 6.45) is 8.63. The van der Waals surface area contributed by atoms with E-state index in [2.05, 4.69) is 22.1 Å². The van der Waals surface area contributed by atoms with Crippen molar-refractivity contribution in [1.82, 2.24) is 19.5 Å². The number of benzene rings is 1. The van der Waals surface area contributed by atoms with E-state index in [4.69, 9.17) is 10.7 Å². The molecule has 1 aliphatic rings. The lowest BCUT2D eigenvalue weighted by Gasteiger charge is -2.10. The molecule has 5 heteroatoms. The molecule has 1 aromatic carbocycles. The van der Waals surface area contributed by atoms with Gasteiger partial charge in [-0.05, 0) is 42.5 Å². The van der Waals surface area contributed by atoms with Crippen molar-refractivity contribution in [2.45, 2.75) is 19.3 Å². The molecule has 0 aliphatic heterocycles. The Morgan fingerprint density at radius 3 is 2.82 bits per heavy atom. The molecule has 5 nitrogen and oxygen atoms in total. The van der Waals surface area contributed by atoms with Gasteiger partial charge in [0.25, 0.3) is 0 Å². The lowest BCUT2D eigenvalue weighted by atomic mass is 10.0. The Balaban J connectivity index is 1.92. The van der Waals surface area contributed by atoms with E-state index in [0.717, 1.165) is 36.3 Å². The molecule has 1 aliphatic carbocycles. The number of aryl methyl sites for hydroxylation is 3. The maximum absolute atomic E-state index is 5.94. The molecule has 0 amide bonds. The van der Waals surface area contributed by atoms with E-state index in [-0.39, 0.29) is 0 Å². The number of aromatic nitrogens is 4. The van der Waals surface area contributed by atoms with Crippen LogP contribution in [0.1, 0.15) is 17.5 Å². The zero-order chi connectivity index (χ0) is 15.1. The van der Waals surface area contributed by atoms with Crippen LogP contribution in [0, 0.1) is 0 Å². The molecule has 2 aromatic heterocycles. The van der Waals surface area contributed by atoms with Crippen molar-refractivity contribution in [2.75, 3.05) is 5.73 Å². The minimum Gasteiger partial charge on any atom is -0.399 e. The quantitative estimate of drug-likeness (QED) is 0.700. The van der Waals surface area contributed by atoms with E-state index in [0.29, 0.717) is 5.82 Å². The Morgan fingerprint density at radius 2 is 2.00 bits per heavy atom. The highest BCUT2D eigenvalue weighted by Gasteiger charge is 2.18. The van der Waals surface area contributed by atoms with Crippen molar-refractivity contribution >= 4 is 5.69 Å². The molecule has 0 saturated carbocycles. The van der Waals surface area contributed by atoms with Gasteiger partial charge in [-0.2, -0.15) is 0 Å². The third-order valence-electron chi connectivity index (χ3n) is 4.19.